The minimum absolute atomic E-state index is 0.173. The average Bonchev–Trinajstić information content (AvgIpc) is 3.46. The van der Waals surface area contributed by atoms with Gasteiger partial charge in [-0.2, -0.15) is 10.1 Å². The van der Waals surface area contributed by atoms with Crippen molar-refractivity contribution < 1.29 is 19.1 Å². The number of allylic oxidation sites excluding steroid dienone is 2. The minimum Gasteiger partial charge on any atom is -0.427 e. The standard InChI is InChI=1S/C24H23N3O4/c1-13-10-18(14(2)26(13)19-6-8-20(9-7-19)31-15(3)28)12-25-27-23(29)21-16-4-5-17(11-16)22(21)24(27)30/h4-10,12,16-17,21-22H,11H2,1-3H3/t16-,17-,21-,22+/m0/s1. The zero-order chi connectivity index (χ0) is 21.9. The predicted molar refractivity (Wildman–Crippen MR) is 114 cm³/mol. The second kappa shape index (κ2) is 7.04. The van der Waals surface area contributed by atoms with Crippen LogP contribution in [0.2, 0.25) is 0 Å². The summed E-state index contributed by atoms with van der Waals surface area (Å²) >= 11 is 0. The van der Waals surface area contributed by atoms with Gasteiger partial charge in [0.05, 0.1) is 18.1 Å². The number of aryl methyl sites for hydroxylation is 1. The first-order chi connectivity index (χ1) is 14.8. The molecule has 5 rings (SSSR count). The number of hydrazone groups is 1. The van der Waals surface area contributed by atoms with Crippen LogP contribution >= 0.6 is 0 Å². The van der Waals surface area contributed by atoms with E-state index in [1.54, 1.807) is 18.3 Å². The lowest BCUT2D eigenvalue weighted by molar-refractivity contribution is -0.140. The molecule has 1 aromatic carbocycles. The normalized spacial score (nSPS) is 26.4. The molecule has 3 aliphatic rings. The van der Waals surface area contributed by atoms with Gasteiger partial charge in [0, 0.05) is 29.6 Å². The molecule has 158 valence electrons. The Bertz CT molecular complexity index is 1130. The quantitative estimate of drug-likeness (QED) is 0.252. The van der Waals surface area contributed by atoms with Crippen LogP contribution in [-0.4, -0.2) is 33.6 Å². The molecule has 7 nitrogen and oxygen atoms in total. The number of hydrogen-bond acceptors (Lipinski definition) is 5. The number of benzene rings is 1. The molecule has 1 saturated carbocycles. The van der Waals surface area contributed by atoms with Crippen molar-refractivity contribution in [1.82, 2.24) is 9.58 Å². The smallest absolute Gasteiger partial charge is 0.308 e. The molecular formula is C24H23N3O4. The average molecular weight is 417 g/mol. The SMILES string of the molecule is CC(=O)Oc1ccc(-n2c(C)cc(C=NN3C(=O)[C@@H]4[C@H](C3=O)[C@H]3C=C[C@H]4C3)c2C)cc1. The molecule has 0 radical (unpaired) electrons. The molecule has 2 fully saturated rings. The van der Waals surface area contributed by atoms with E-state index >= 15 is 0 Å². The molecule has 2 aliphatic carbocycles. The van der Waals surface area contributed by atoms with Gasteiger partial charge in [-0.15, -0.1) is 0 Å². The maximum Gasteiger partial charge on any atom is 0.308 e. The van der Waals surface area contributed by atoms with Crippen molar-refractivity contribution in [1.29, 1.82) is 0 Å². The first kappa shape index (κ1) is 19.5. The molecule has 1 aromatic heterocycles. The number of nitrogens with zero attached hydrogens (tertiary/aromatic N) is 3. The van der Waals surface area contributed by atoms with Crippen molar-refractivity contribution in [2.24, 2.45) is 28.8 Å². The highest BCUT2D eigenvalue weighted by Gasteiger charge is 2.59. The van der Waals surface area contributed by atoms with E-state index in [1.165, 1.54) is 6.92 Å². The van der Waals surface area contributed by atoms with E-state index in [4.69, 9.17) is 4.74 Å². The van der Waals surface area contributed by atoms with Crippen LogP contribution in [0.4, 0.5) is 0 Å². The van der Waals surface area contributed by atoms with Crippen LogP contribution in [0.1, 0.15) is 30.3 Å². The highest BCUT2D eigenvalue weighted by Crippen LogP contribution is 2.52. The van der Waals surface area contributed by atoms with Crippen molar-refractivity contribution in [3.05, 3.63) is 59.4 Å². The fraction of sp³-hybridized carbons (Fsp3) is 0.333. The van der Waals surface area contributed by atoms with Gasteiger partial charge in [-0.05, 0) is 62.4 Å². The van der Waals surface area contributed by atoms with Gasteiger partial charge in [-0.1, -0.05) is 12.2 Å². The van der Waals surface area contributed by atoms with E-state index < -0.39 is 0 Å². The van der Waals surface area contributed by atoms with Crippen LogP contribution < -0.4 is 4.74 Å². The molecule has 0 spiro atoms. The van der Waals surface area contributed by atoms with Crippen molar-refractivity contribution in [2.75, 3.05) is 0 Å². The summed E-state index contributed by atoms with van der Waals surface area (Å²) in [6, 6.07) is 9.20. The van der Waals surface area contributed by atoms with E-state index in [0.717, 1.165) is 34.1 Å². The van der Waals surface area contributed by atoms with E-state index in [2.05, 4.69) is 17.3 Å². The molecule has 1 saturated heterocycles. The van der Waals surface area contributed by atoms with Gasteiger partial charge in [0.25, 0.3) is 11.8 Å². The molecule has 31 heavy (non-hydrogen) atoms. The number of ether oxygens (including phenoxy) is 1. The third-order valence-corrected chi connectivity index (χ3v) is 6.59. The number of amides is 2. The molecule has 7 heteroatoms. The zero-order valence-electron chi connectivity index (χ0n) is 17.6. The van der Waals surface area contributed by atoms with Gasteiger partial charge in [0.2, 0.25) is 0 Å². The number of rotatable bonds is 4. The van der Waals surface area contributed by atoms with E-state index in [-0.39, 0.29) is 41.5 Å². The van der Waals surface area contributed by atoms with E-state index in [9.17, 15) is 14.4 Å². The van der Waals surface area contributed by atoms with Crippen molar-refractivity contribution in [3.63, 3.8) is 0 Å². The first-order valence-corrected chi connectivity index (χ1v) is 10.4. The van der Waals surface area contributed by atoms with Crippen LogP contribution in [0.25, 0.3) is 5.69 Å². The maximum atomic E-state index is 12.8. The number of fused-ring (bicyclic) bond motifs is 5. The zero-order valence-corrected chi connectivity index (χ0v) is 17.6. The van der Waals surface area contributed by atoms with Crippen molar-refractivity contribution in [2.45, 2.75) is 27.2 Å². The summed E-state index contributed by atoms with van der Waals surface area (Å²) < 4.78 is 7.14. The summed E-state index contributed by atoms with van der Waals surface area (Å²) in [6.45, 7) is 5.30. The van der Waals surface area contributed by atoms with Crippen molar-refractivity contribution in [3.8, 4) is 11.4 Å². The number of imide groups is 1. The fourth-order valence-electron chi connectivity index (χ4n) is 5.27. The van der Waals surface area contributed by atoms with Crippen LogP contribution in [-0.2, 0) is 14.4 Å². The molecule has 2 heterocycles. The summed E-state index contributed by atoms with van der Waals surface area (Å²) in [5.74, 6) is -0.390. The highest BCUT2D eigenvalue weighted by molar-refractivity contribution is 6.06. The van der Waals surface area contributed by atoms with Gasteiger partial charge in [0.15, 0.2) is 0 Å². The topological polar surface area (TPSA) is 81.0 Å². The molecule has 1 aliphatic heterocycles. The number of esters is 1. The van der Waals surface area contributed by atoms with Crippen LogP contribution in [0.15, 0.2) is 47.6 Å². The number of carbonyl (C=O) groups excluding carboxylic acids is 3. The van der Waals surface area contributed by atoms with Gasteiger partial charge < -0.3 is 9.30 Å². The second-order valence-corrected chi connectivity index (χ2v) is 8.48. The van der Waals surface area contributed by atoms with Crippen LogP contribution in [0, 0.1) is 37.5 Å². The highest BCUT2D eigenvalue weighted by atomic mass is 16.5. The van der Waals surface area contributed by atoms with E-state index in [0.29, 0.717) is 5.75 Å². The molecule has 2 amide bonds. The molecule has 4 atom stereocenters. The predicted octanol–water partition coefficient (Wildman–Crippen LogP) is 3.16. The Hall–Kier alpha value is -3.48. The number of aromatic nitrogens is 1. The Kier molecular flexibility index (Phi) is 4.43. The fourth-order valence-corrected chi connectivity index (χ4v) is 5.27. The molecule has 0 N–H and O–H groups in total. The second-order valence-electron chi connectivity index (χ2n) is 8.48. The Morgan fingerprint density at radius 3 is 2.26 bits per heavy atom. The molecule has 2 bridgehead atoms. The van der Waals surface area contributed by atoms with Gasteiger partial charge in [-0.3, -0.25) is 14.4 Å². The Balaban J connectivity index is 1.39. The van der Waals surface area contributed by atoms with Crippen LogP contribution in [0.3, 0.4) is 0 Å². The third-order valence-electron chi connectivity index (χ3n) is 6.59. The van der Waals surface area contributed by atoms with E-state index in [1.807, 2.05) is 36.6 Å². The molecule has 2 aromatic rings. The summed E-state index contributed by atoms with van der Waals surface area (Å²) in [5.41, 5.74) is 3.66. The maximum absolute atomic E-state index is 12.8. The van der Waals surface area contributed by atoms with Gasteiger partial charge >= 0.3 is 5.97 Å². The molecule has 0 unspecified atom stereocenters. The van der Waals surface area contributed by atoms with Gasteiger partial charge in [-0.25, -0.2) is 0 Å². The van der Waals surface area contributed by atoms with Crippen LogP contribution in [0.5, 0.6) is 5.75 Å². The largest absolute Gasteiger partial charge is 0.427 e. The third kappa shape index (κ3) is 3.03. The lowest BCUT2D eigenvalue weighted by atomic mass is 9.85. The van der Waals surface area contributed by atoms with Crippen molar-refractivity contribution >= 4 is 24.0 Å². The Labute approximate surface area is 180 Å². The summed E-state index contributed by atoms with van der Waals surface area (Å²) in [6.07, 6.45) is 6.65. The minimum atomic E-state index is -0.362. The summed E-state index contributed by atoms with van der Waals surface area (Å²) in [7, 11) is 0. The number of carbonyl (C=O) groups is 3. The van der Waals surface area contributed by atoms with Gasteiger partial charge in [0.1, 0.15) is 5.75 Å². The molecular weight excluding hydrogens is 394 g/mol. The Morgan fingerprint density at radius 2 is 1.68 bits per heavy atom. The lowest BCUT2D eigenvalue weighted by Crippen LogP contribution is -2.28. The summed E-state index contributed by atoms with van der Waals surface area (Å²) in [4.78, 5) is 36.7. The first-order valence-electron chi connectivity index (χ1n) is 10.4. The summed E-state index contributed by atoms with van der Waals surface area (Å²) in [5, 5.41) is 5.37. The monoisotopic (exact) mass is 417 g/mol. The number of hydrogen-bond donors (Lipinski definition) is 0. The Morgan fingerprint density at radius 1 is 1.06 bits per heavy atom. The lowest BCUT2D eigenvalue weighted by Gasteiger charge is -2.13.